The number of fused-ring (bicyclic) bond motifs is 9. The second-order valence-electron chi connectivity index (χ2n) is 31.6. The van der Waals surface area contributed by atoms with Crippen LogP contribution in [0.5, 0.6) is 0 Å². The van der Waals surface area contributed by atoms with Crippen molar-refractivity contribution in [3.8, 4) is 163 Å². The van der Waals surface area contributed by atoms with Crippen LogP contribution in [0.25, 0.3) is 228 Å². The first kappa shape index (κ1) is 74.5. The highest BCUT2D eigenvalue weighted by Gasteiger charge is 2.22. The fourth-order valence-electron chi connectivity index (χ4n) is 17.8. The van der Waals surface area contributed by atoms with E-state index in [1.165, 1.54) is 60.4 Å². The zero-order valence-corrected chi connectivity index (χ0v) is 68.1. The van der Waals surface area contributed by atoms with Gasteiger partial charge in [-0.1, -0.05) is 394 Å². The Hall–Kier alpha value is -16.7. The summed E-state index contributed by atoms with van der Waals surface area (Å²) in [6, 6.07) is 165. The molecule has 0 aliphatic carbocycles. The van der Waals surface area contributed by atoms with Crippen LogP contribution in [0.1, 0.15) is 0 Å². The van der Waals surface area contributed by atoms with E-state index in [2.05, 4.69) is 441 Å². The lowest BCUT2D eigenvalue weighted by atomic mass is 9.91. The zero-order chi connectivity index (χ0) is 82.9. The normalized spacial score (nSPS) is 11.4. The standard InChI is InChI=1S/C59H38N4.C59H39N3/c1-4-15-40(16-5-1)47-23-14-24-50-57(47)51-37-45(33-36-52(51)60-58(50)43-17-6-2-7-18-43)39-27-29-41(30-28-39)53-38-54(62-59(61-53)44-19-8-3-9-20-44)42-31-34-46(35-32-42)63-55-25-12-10-21-48(55)49-22-11-13-26-56(49)63;1-5-16-40(17-6-1)46-24-13-26-49(36-46)56-39-55(61-59(62-56)50-27-14-25-47(37-50)41-18-7-2-8-19-41)44-32-30-42(31-33-44)48-34-35-54-53(38-48)57-51(43-20-9-3-10-21-43)28-15-29-52(57)58(60-54)45-22-11-4-12-23-45/h1-38H;1-39H. The van der Waals surface area contributed by atoms with Gasteiger partial charge in [0.05, 0.1) is 56.2 Å². The lowest BCUT2D eigenvalue weighted by Gasteiger charge is -2.15. The van der Waals surface area contributed by atoms with Crippen LogP contribution in [0, 0.1) is 0 Å². The molecule has 0 bridgehead atoms. The summed E-state index contributed by atoms with van der Waals surface area (Å²) in [6.45, 7) is 0. The number of para-hydroxylation sites is 2. The Bertz CT molecular complexity index is 7790. The molecule has 0 aliphatic rings. The molecule has 0 fully saturated rings. The van der Waals surface area contributed by atoms with Crippen LogP contribution >= 0.6 is 0 Å². The minimum Gasteiger partial charge on any atom is -0.309 e. The van der Waals surface area contributed by atoms with E-state index in [1.807, 2.05) is 30.3 Å². The van der Waals surface area contributed by atoms with Gasteiger partial charge >= 0.3 is 0 Å². The van der Waals surface area contributed by atoms with Crippen molar-refractivity contribution in [2.45, 2.75) is 0 Å². The van der Waals surface area contributed by atoms with Crippen molar-refractivity contribution in [1.82, 2.24) is 34.5 Å². The first-order valence-electron chi connectivity index (χ1n) is 42.4. The van der Waals surface area contributed by atoms with Crippen LogP contribution in [-0.4, -0.2) is 34.5 Å². The molecule has 0 atom stereocenters. The molecule has 0 unspecified atom stereocenters. The number of aromatic nitrogens is 7. The monoisotopic (exact) mass is 1590 g/mol. The van der Waals surface area contributed by atoms with Gasteiger partial charge in [0, 0.05) is 93.3 Å². The Kier molecular flexibility index (Phi) is 19.5. The molecule has 0 saturated carbocycles. The van der Waals surface area contributed by atoms with Crippen LogP contribution in [0.3, 0.4) is 0 Å². The maximum absolute atomic E-state index is 5.29. The highest BCUT2D eigenvalue weighted by molar-refractivity contribution is 6.19. The molecule has 0 radical (unpaired) electrons. The lowest BCUT2D eigenvalue weighted by molar-refractivity contribution is 1.17. The quantitative estimate of drug-likeness (QED) is 0.0951. The maximum Gasteiger partial charge on any atom is 0.160 e. The summed E-state index contributed by atoms with van der Waals surface area (Å²) in [6.07, 6.45) is 0. The number of benzene rings is 18. The van der Waals surface area contributed by atoms with E-state index in [9.17, 15) is 0 Å². The summed E-state index contributed by atoms with van der Waals surface area (Å²) in [5.41, 5.74) is 33.0. The molecular formula is C118H77N7. The van der Waals surface area contributed by atoms with Crippen LogP contribution < -0.4 is 0 Å². The van der Waals surface area contributed by atoms with Gasteiger partial charge in [0.15, 0.2) is 11.6 Å². The topological polar surface area (TPSA) is 82.3 Å². The van der Waals surface area contributed by atoms with Gasteiger partial charge < -0.3 is 4.57 Å². The van der Waals surface area contributed by atoms with Gasteiger partial charge in [0.2, 0.25) is 0 Å². The summed E-state index contributed by atoms with van der Waals surface area (Å²) in [4.78, 5) is 31.3. The van der Waals surface area contributed by atoms with Gasteiger partial charge in [0.25, 0.3) is 0 Å². The number of hydrogen-bond donors (Lipinski definition) is 0. The molecule has 0 saturated heterocycles. The van der Waals surface area contributed by atoms with Gasteiger partial charge in [-0.3, -0.25) is 0 Å². The van der Waals surface area contributed by atoms with Gasteiger partial charge in [-0.2, -0.15) is 0 Å². The van der Waals surface area contributed by atoms with E-state index in [0.717, 1.165) is 156 Å². The number of rotatable bonds is 15. The smallest absolute Gasteiger partial charge is 0.160 e. The Morgan fingerprint density at radius 3 is 0.856 bits per heavy atom. The molecule has 18 aromatic carbocycles. The van der Waals surface area contributed by atoms with Gasteiger partial charge in [-0.05, 0) is 140 Å². The molecule has 0 spiro atoms. The molecule has 7 nitrogen and oxygen atoms in total. The number of hydrogen-bond acceptors (Lipinski definition) is 6. The van der Waals surface area contributed by atoms with Crippen molar-refractivity contribution in [3.05, 3.63) is 467 Å². The molecule has 584 valence electrons. The SMILES string of the molecule is c1ccc(-c2cccc(-c3cc(-c4ccc(-c5ccc6nc(-c7ccccc7)c7cccc(-c8ccccc8)c7c6c5)cc4)nc(-c4cccc(-c5ccccc5)c4)n3)c2)cc1.c1ccc(-c2nc(-c3ccc(-c4ccc5nc(-c6ccccc6)c6cccc(-c7ccccc7)c6c5c4)cc3)cc(-c3ccc(-n4c5ccccc5c5ccccc54)cc3)n2)cc1. The molecular weight excluding hydrogens is 1520 g/mol. The third-order valence-electron chi connectivity index (χ3n) is 23.9. The van der Waals surface area contributed by atoms with E-state index in [1.54, 1.807) is 0 Å². The second-order valence-corrected chi connectivity index (χ2v) is 31.6. The predicted molar refractivity (Wildman–Crippen MR) is 520 cm³/mol. The molecule has 0 N–H and O–H groups in total. The number of nitrogens with zero attached hydrogens (tertiary/aromatic N) is 7. The average molecular weight is 1590 g/mol. The summed E-state index contributed by atoms with van der Waals surface area (Å²) >= 11 is 0. The molecule has 0 aliphatic heterocycles. The Morgan fingerprint density at radius 2 is 0.432 bits per heavy atom. The molecule has 5 heterocycles. The molecule has 5 aromatic heterocycles. The average Bonchev–Trinajstić information content (AvgIpc) is 1.59. The fraction of sp³-hybridized carbons (Fsp3) is 0. The van der Waals surface area contributed by atoms with Crippen LogP contribution in [0.2, 0.25) is 0 Å². The van der Waals surface area contributed by atoms with E-state index < -0.39 is 0 Å². The van der Waals surface area contributed by atoms with Crippen LogP contribution in [-0.2, 0) is 0 Å². The van der Waals surface area contributed by atoms with E-state index in [0.29, 0.717) is 11.6 Å². The predicted octanol–water partition coefficient (Wildman–Crippen LogP) is 30.8. The lowest BCUT2D eigenvalue weighted by Crippen LogP contribution is -1.97. The zero-order valence-electron chi connectivity index (χ0n) is 68.1. The minimum atomic E-state index is 0.683. The summed E-state index contributed by atoms with van der Waals surface area (Å²) < 4.78 is 2.34. The van der Waals surface area contributed by atoms with E-state index in [-0.39, 0.29) is 0 Å². The van der Waals surface area contributed by atoms with Crippen molar-refractivity contribution >= 4 is 65.2 Å². The summed E-state index contributed by atoms with van der Waals surface area (Å²) in [5.74, 6) is 1.37. The molecule has 23 aromatic rings. The Balaban J connectivity index is 0.000000148. The van der Waals surface area contributed by atoms with E-state index >= 15 is 0 Å². The van der Waals surface area contributed by atoms with Crippen molar-refractivity contribution in [2.75, 3.05) is 0 Å². The summed E-state index contributed by atoms with van der Waals surface area (Å²) in [5, 5.41) is 9.43. The van der Waals surface area contributed by atoms with Crippen molar-refractivity contribution in [3.63, 3.8) is 0 Å². The molecule has 7 heteroatoms. The van der Waals surface area contributed by atoms with Crippen LogP contribution in [0.15, 0.2) is 467 Å². The minimum absolute atomic E-state index is 0.683. The Labute approximate surface area is 724 Å². The van der Waals surface area contributed by atoms with Crippen molar-refractivity contribution in [2.24, 2.45) is 0 Å². The van der Waals surface area contributed by atoms with Gasteiger partial charge in [-0.15, -0.1) is 0 Å². The van der Waals surface area contributed by atoms with Gasteiger partial charge in [-0.25, -0.2) is 29.9 Å². The second kappa shape index (κ2) is 32.8. The highest BCUT2D eigenvalue weighted by atomic mass is 15.0. The molecule has 125 heavy (non-hydrogen) atoms. The largest absolute Gasteiger partial charge is 0.309 e. The van der Waals surface area contributed by atoms with Gasteiger partial charge in [0.1, 0.15) is 0 Å². The third-order valence-corrected chi connectivity index (χ3v) is 23.9. The molecule has 0 amide bonds. The van der Waals surface area contributed by atoms with E-state index in [4.69, 9.17) is 29.9 Å². The molecule has 23 rings (SSSR count). The highest BCUT2D eigenvalue weighted by Crippen LogP contribution is 2.45. The third kappa shape index (κ3) is 14.6. The first-order valence-corrected chi connectivity index (χ1v) is 42.4. The maximum atomic E-state index is 5.29. The number of pyridine rings is 2. The van der Waals surface area contributed by atoms with Crippen LogP contribution in [0.4, 0.5) is 0 Å². The summed E-state index contributed by atoms with van der Waals surface area (Å²) in [7, 11) is 0. The van der Waals surface area contributed by atoms with Crippen molar-refractivity contribution < 1.29 is 0 Å². The van der Waals surface area contributed by atoms with Crippen molar-refractivity contribution in [1.29, 1.82) is 0 Å². The first-order chi connectivity index (χ1) is 61.9. The Morgan fingerprint density at radius 1 is 0.152 bits per heavy atom. The fourth-order valence-corrected chi connectivity index (χ4v) is 17.8.